The summed E-state index contributed by atoms with van der Waals surface area (Å²) in [4.78, 5) is 12.0. The zero-order chi connectivity index (χ0) is 14.5. The molecule has 1 aromatic heterocycles. The van der Waals surface area contributed by atoms with Crippen molar-refractivity contribution in [2.45, 2.75) is 6.42 Å². The molecule has 106 valence electrons. The number of amides is 1. The van der Waals surface area contributed by atoms with Gasteiger partial charge in [0.15, 0.2) is 0 Å². The number of carbonyl (C=O) groups is 1. The summed E-state index contributed by atoms with van der Waals surface area (Å²) in [5.74, 6) is 0.774. The smallest absolute Gasteiger partial charge is 0.267 e. The highest BCUT2D eigenvalue weighted by Gasteiger charge is 2.10. The fraction of sp³-hybridized carbons (Fsp3) is 0.267. The maximum absolute atomic E-state index is 12.0. The SMILES string of the molecule is COc1ccccc1CCNC(=O)c1cc(Br)cn1C. The summed E-state index contributed by atoms with van der Waals surface area (Å²) in [6.45, 7) is 0.571. The number of aryl methyl sites for hydroxylation is 1. The Morgan fingerprint density at radius 3 is 2.80 bits per heavy atom. The predicted molar refractivity (Wildman–Crippen MR) is 82.1 cm³/mol. The first-order valence-electron chi connectivity index (χ1n) is 6.33. The number of para-hydroxylation sites is 1. The lowest BCUT2D eigenvalue weighted by molar-refractivity contribution is 0.0946. The van der Waals surface area contributed by atoms with Crippen LogP contribution in [0.5, 0.6) is 5.75 Å². The Kier molecular flexibility index (Phi) is 4.84. The van der Waals surface area contributed by atoms with Crippen LogP contribution in [0.15, 0.2) is 41.0 Å². The van der Waals surface area contributed by atoms with Gasteiger partial charge in [-0.1, -0.05) is 18.2 Å². The number of benzene rings is 1. The van der Waals surface area contributed by atoms with Crippen LogP contribution in [-0.4, -0.2) is 24.1 Å². The molecule has 5 heteroatoms. The van der Waals surface area contributed by atoms with Gasteiger partial charge in [0.25, 0.3) is 5.91 Å². The third-order valence-electron chi connectivity index (χ3n) is 3.08. The van der Waals surface area contributed by atoms with E-state index in [-0.39, 0.29) is 5.91 Å². The molecule has 4 nitrogen and oxygen atoms in total. The third-order valence-corrected chi connectivity index (χ3v) is 3.51. The lowest BCUT2D eigenvalue weighted by atomic mass is 10.1. The Morgan fingerprint density at radius 1 is 1.40 bits per heavy atom. The summed E-state index contributed by atoms with van der Waals surface area (Å²) < 4.78 is 7.98. The number of halogens is 1. The van der Waals surface area contributed by atoms with Crippen molar-refractivity contribution in [3.05, 3.63) is 52.3 Å². The zero-order valence-corrected chi connectivity index (χ0v) is 13.1. The van der Waals surface area contributed by atoms with E-state index in [2.05, 4.69) is 21.2 Å². The van der Waals surface area contributed by atoms with Crippen molar-refractivity contribution in [2.24, 2.45) is 7.05 Å². The molecule has 0 saturated carbocycles. The zero-order valence-electron chi connectivity index (χ0n) is 11.5. The lowest BCUT2D eigenvalue weighted by Gasteiger charge is -2.09. The summed E-state index contributed by atoms with van der Waals surface area (Å²) in [5, 5.41) is 2.92. The number of aromatic nitrogens is 1. The Labute approximate surface area is 126 Å². The van der Waals surface area contributed by atoms with E-state index in [1.165, 1.54) is 0 Å². The summed E-state index contributed by atoms with van der Waals surface area (Å²) in [5.41, 5.74) is 1.72. The van der Waals surface area contributed by atoms with Crippen LogP contribution in [-0.2, 0) is 13.5 Å². The monoisotopic (exact) mass is 336 g/mol. The number of ether oxygens (including phenoxy) is 1. The van der Waals surface area contributed by atoms with Gasteiger partial charge in [-0.2, -0.15) is 0 Å². The summed E-state index contributed by atoms with van der Waals surface area (Å²) in [6, 6.07) is 9.63. The van der Waals surface area contributed by atoms with Gasteiger partial charge in [-0.3, -0.25) is 4.79 Å². The molecule has 1 N–H and O–H groups in total. The highest BCUT2D eigenvalue weighted by Crippen LogP contribution is 2.17. The van der Waals surface area contributed by atoms with Crippen LogP contribution < -0.4 is 10.1 Å². The standard InChI is InChI=1S/C15H17BrN2O2/c1-18-10-12(16)9-13(18)15(19)17-8-7-11-5-3-4-6-14(11)20-2/h3-6,9-10H,7-8H2,1-2H3,(H,17,19). The Hall–Kier alpha value is -1.75. The second-order valence-electron chi connectivity index (χ2n) is 4.47. The molecular formula is C15H17BrN2O2. The molecule has 1 aromatic carbocycles. The van der Waals surface area contributed by atoms with E-state index >= 15 is 0 Å². The van der Waals surface area contributed by atoms with Crippen LogP contribution >= 0.6 is 15.9 Å². The number of hydrogen-bond donors (Lipinski definition) is 1. The van der Waals surface area contributed by atoms with Gasteiger partial charge in [0.2, 0.25) is 0 Å². The molecule has 1 heterocycles. The summed E-state index contributed by atoms with van der Waals surface area (Å²) >= 11 is 3.36. The fourth-order valence-electron chi connectivity index (χ4n) is 2.06. The van der Waals surface area contributed by atoms with Crippen molar-refractivity contribution >= 4 is 21.8 Å². The molecule has 2 rings (SSSR count). The lowest BCUT2D eigenvalue weighted by Crippen LogP contribution is -2.27. The first kappa shape index (κ1) is 14.7. The minimum atomic E-state index is -0.0758. The highest BCUT2D eigenvalue weighted by molar-refractivity contribution is 9.10. The molecule has 0 aliphatic rings. The second kappa shape index (κ2) is 6.61. The van der Waals surface area contributed by atoms with Gasteiger partial charge < -0.3 is 14.6 Å². The molecule has 0 aliphatic carbocycles. The van der Waals surface area contributed by atoms with E-state index in [0.29, 0.717) is 12.2 Å². The molecular weight excluding hydrogens is 320 g/mol. The van der Waals surface area contributed by atoms with Crippen molar-refractivity contribution in [3.63, 3.8) is 0 Å². The van der Waals surface area contributed by atoms with E-state index in [1.807, 2.05) is 37.5 Å². The number of hydrogen-bond acceptors (Lipinski definition) is 2. The minimum Gasteiger partial charge on any atom is -0.496 e. The van der Waals surface area contributed by atoms with Gasteiger partial charge in [-0.05, 0) is 40.0 Å². The molecule has 2 aromatic rings. The van der Waals surface area contributed by atoms with Gasteiger partial charge in [0, 0.05) is 24.3 Å². The van der Waals surface area contributed by atoms with E-state index in [4.69, 9.17) is 4.74 Å². The highest BCUT2D eigenvalue weighted by atomic mass is 79.9. The molecule has 20 heavy (non-hydrogen) atoms. The number of rotatable bonds is 5. The Morgan fingerprint density at radius 2 is 2.15 bits per heavy atom. The molecule has 0 fully saturated rings. The van der Waals surface area contributed by atoms with Gasteiger partial charge in [-0.15, -0.1) is 0 Å². The first-order chi connectivity index (χ1) is 9.61. The van der Waals surface area contributed by atoms with Crippen molar-refractivity contribution in [2.75, 3.05) is 13.7 Å². The number of nitrogens with one attached hydrogen (secondary N) is 1. The minimum absolute atomic E-state index is 0.0758. The quantitative estimate of drug-likeness (QED) is 0.912. The molecule has 1 amide bonds. The number of methoxy groups -OCH3 is 1. The van der Waals surface area contributed by atoms with E-state index in [9.17, 15) is 4.79 Å². The normalized spacial score (nSPS) is 10.3. The summed E-state index contributed by atoms with van der Waals surface area (Å²) in [6.07, 6.45) is 2.59. The van der Waals surface area contributed by atoms with E-state index in [0.717, 1.165) is 22.2 Å². The van der Waals surface area contributed by atoms with Gasteiger partial charge in [0.05, 0.1) is 7.11 Å². The average Bonchev–Trinajstić information content (AvgIpc) is 2.78. The predicted octanol–water partition coefficient (Wildman–Crippen LogP) is 2.77. The van der Waals surface area contributed by atoms with Crippen LogP contribution in [0, 0.1) is 0 Å². The molecule has 0 atom stereocenters. The molecule has 0 radical (unpaired) electrons. The van der Waals surface area contributed by atoms with Crippen LogP contribution in [0.1, 0.15) is 16.1 Å². The summed E-state index contributed by atoms with van der Waals surface area (Å²) in [7, 11) is 3.50. The van der Waals surface area contributed by atoms with Crippen LogP contribution in [0.2, 0.25) is 0 Å². The van der Waals surface area contributed by atoms with Gasteiger partial charge in [0.1, 0.15) is 11.4 Å². The molecule has 0 aliphatic heterocycles. The van der Waals surface area contributed by atoms with Crippen LogP contribution in [0.4, 0.5) is 0 Å². The van der Waals surface area contributed by atoms with Gasteiger partial charge >= 0.3 is 0 Å². The first-order valence-corrected chi connectivity index (χ1v) is 7.13. The van der Waals surface area contributed by atoms with Crippen molar-refractivity contribution in [1.29, 1.82) is 0 Å². The van der Waals surface area contributed by atoms with Crippen molar-refractivity contribution in [3.8, 4) is 5.75 Å². The maximum atomic E-state index is 12.0. The van der Waals surface area contributed by atoms with Crippen molar-refractivity contribution < 1.29 is 9.53 Å². The van der Waals surface area contributed by atoms with Gasteiger partial charge in [-0.25, -0.2) is 0 Å². The number of nitrogens with zero attached hydrogens (tertiary/aromatic N) is 1. The second-order valence-corrected chi connectivity index (χ2v) is 5.39. The average molecular weight is 337 g/mol. The Bertz CT molecular complexity index is 608. The van der Waals surface area contributed by atoms with Crippen LogP contribution in [0.25, 0.3) is 0 Å². The van der Waals surface area contributed by atoms with E-state index in [1.54, 1.807) is 17.7 Å². The largest absolute Gasteiger partial charge is 0.496 e. The third kappa shape index (κ3) is 3.42. The molecule has 0 spiro atoms. The maximum Gasteiger partial charge on any atom is 0.267 e. The van der Waals surface area contributed by atoms with Crippen molar-refractivity contribution in [1.82, 2.24) is 9.88 Å². The van der Waals surface area contributed by atoms with E-state index < -0.39 is 0 Å². The molecule has 0 bridgehead atoms. The number of carbonyl (C=O) groups excluding carboxylic acids is 1. The topological polar surface area (TPSA) is 43.3 Å². The Balaban J connectivity index is 1.93. The van der Waals surface area contributed by atoms with Crippen LogP contribution in [0.3, 0.4) is 0 Å². The molecule has 0 unspecified atom stereocenters. The fourth-order valence-corrected chi connectivity index (χ4v) is 2.58. The molecule has 0 saturated heterocycles.